The summed E-state index contributed by atoms with van der Waals surface area (Å²) in [7, 11) is 0. The fourth-order valence-electron chi connectivity index (χ4n) is 3.29. The largest absolute Gasteiger partial charge is 0.317 e. The average Bonchev–Trinajstić information content (AvgIpc) is 2.57. The van der Waals surface area contributed by atoms with Crippen LogP contribution in [-0.4, -0.2) is 25.5 Å². The Balaban J connectivity index is 0.00000264. The first-order valence-electron chi connectivity index (χ1n) is 8.78. The van der Waals surface area contributed by atoms with Gasteiger partial charge in [-0.1, -0.05) is 38.5 Å². The van der Waals surface area contributed by atoms with Crippen molar-refractivity contribution in [1.29, 1.82) is 0 Å². The van der Waals surface area contributed by atoms with E-state index in [1.807, 2.05) is 35.2 Å². The molecule has 0 radical (unpaired) electrons. The van der Waals surface area contributed by atoms with Crippen LogP contribution in [0.1, 0.15) is 46.0 Å². The van der Waals surface area contributed by atoms with E-state index >= 15 is 0 Å². The summed E-state index contributed by atoms with van der Waals surface area (Å²) < 4.78 is 0. The van der Waals surface area contributed by atoms with Gasteiger partial charge in [0.15, 0.2) is 0 Å². The Morgan fingerprint density at radius 2 is 1.91 bits per heavy atom. The van der Waals surface area contributed by atoms with Crippen molar-refractivity contribution < 1.29 is 4.79 Å². The van der Waals surface area contributed by atoms with Gasteiger partial charge >= 0.3 is 0 Å². The Hall–Kier alpha value is -1.06. The Morgan fingerprint density at radius 3 is 2.52 bits per heavy atom. The molecule has 1 aliphatic rings. The molecule has 1 aromatic carbocycles. The van der Waals surface area contributed by atoms with E-state index in [2.05, 4.69) is 19.2 Å². The van der Waals surface area contributed by atoms with E-state index in [9.17, 15) is 4.79 Å². The Bertz CT molecular complexity index is 446. The topological polar surface area (TPSA) is 32.3 Å². The van der Waals surface area contributed by atoms with E-state index in [1.54, 1.807) is 0 Å². The second-order valence-corrected chi connectivity index (χ2v) is 6.50. The number of hydrogen-bond acceptors (Lipinski definition) is 2. The van der Waals surface area contributed by atoms with Crippen LogP contribution in [0.2, 0.25) is 0 Å². The van der Waals surface area contributed by atoms with E-state index < -0.39 is 0 Å². The molecule has 1 aromatic rings. The highest BCUT2D eigenvalue weighted by atomic mass is 35.5. The molecule has 1 aliphatic heterocycles. The van der Waals surface area contributed by atoms with Crippen LogP contribution in [-0.2, 0) is 4.79 Å². The molecule has 1 fully saturated rings. The lowest BCUT2D eigenvalue weighted by Crippen LogP contribution is -2.36. The number of para-hydroxylation sites is 1. The summed E-state index contributed by atoms with van der Waals surface area (Å²) in [5.74, 6) is 1.45. The number of carbonyl (C=O) groups is 1. The number of rotatable bonds is 7. The number of amides is 1. The minimum absolute atomic E-state index is 0. The van der Waals surface area contributed by atoms with Gasteiger partial charge < -0.3 is 10.2 Å². The highest BCUT2D eigenvalue weighted by Crippen LogP contribution is 2.26. The molecule has 2 rings (SSSR count). The Kier molecular flexibility index (Phi) is 9.27. The van der Waals surface area contributed by atoms with Crippen LogP contribution in [0.15, 0.2) is 30.3 Å². The lowest BCUT2D eigenvalue weighted by molar-refractivity contribution is -0.119. The number of benzene rings is 1. The van der Waals surface area contributed by atoms with Crippen LogP contribution in [0.4, 0.5) is 5.69 Å². The lowest BCUT2D eigenvalue weighted by Gasteiger charge is -2.30. The Labute approximate surface area is 147 Å². The van der Waals surface area contributed by atoms with Crippen molar-refractivity contribution >= 4 is 24.0 Å². The predicted molar refractivity (Wildman–Crippen MR) is 100 cm³/mol. The maximum absolute atomic E-state index is 12.8. The summed E-state index contributed by atoms with van der Waals surface area (Å²) in [4.78, 5) is 14.8. The van der Waals surface area contributed by atoms with E-state index in [0.717, 1.165) is 38.2 Å². The van der Waals surface area contributed by atoms with Gasteiger partial charge in [-0.2, -0.15) is 0 Å². The molecule has 0 spiro atoms. The molecule has 0 aromatic heterocycles. The summed E-state index contributed by atoms with van der Waals surface area (Å²) in [5.41, 5.74) is 1.04. The molecule has 1 heterocycles. The number of carbonyl (C=O) groups excluding carboxylic acids is 1. The molecule has 0 bridgehead atoms. The SMILES string of the molecule is CCCCN(C(=O)CC(C)C1CCNCC1)c1ccccc1.Cl. The molecule has 1 saturated heterocycles. The summed E-state index contributed by atoms with van der Waals surface area (Å²) >= 11 is 0. The lowest BCUT2D eigenvalue weighted by atomic mass is 9.84. The molecule has 4 heteroatoms. The first-order chi connectivity index (χ1) is 10.7. The first-order valence-corrected chi connectivity index (χ1v) is 8.78. The van der Waals surface area contributed by atoms with Gasteiger partial charge in [-0.3, -0.25) is 4.79 Å². The van der Waals surface area contributed by atoms with Crippen molar-refractivity contribution in [2.75, 3.05) is 24.5 Å². The van der Waals surface area contributed by atoms with E-state index in [4.69, 9.17) is 0 Å². The standard InChI is InChI=1S/C19H30N2O.ClH/c1-3-4-14-21(18-8-6-5-7-9-18)19(22)15-16(2)17-10-12-20-13-11-17;/h5-9,16-17,20H,3-4,10-15H2,1-2H3;1H. The number of halogens is 1. The molecule has 130 valence electrons. The summed E-state index contributed by atoms with van der Waals surface area (Å²) in [5, 5.41) is 3.40. The third kappa shape index (κ3) is 6.15. The van der Waals surface area contributed by atoms with Crippen molar-refractivity contribution in [3.63, 3.8) is 0 Å². The summed E-state index contributed by atoms with van der Waals surface area (Å²) in [6, 6.07) is 10.1. The normalized spacial score (nSPS) is 16.4. The molecule has 1 N–H and O–H groups in total. The summed E-state index contributed by atoms with van der Waals surface area (Å²) in [6.45, 7) is 7.45. The summed E-state index contributed by atoms with van der Waals surface area (Å²) in [6.07, 6.45) is 5.25. The van der Waals surface area contributed by atoms with Gasteiger partial charge in [-0.05, 0) is 56.3 Å². The second kappa shape index (κ2) is 10.7. The zero-order valence-electron chi connectivity index (χ0n) is 14.5. The number of unbranched alkanes of at least 4 members (excludes halogenated alkanes) is 1. The molecular formula is C19H31ClN2O. The molecule has 1 amide bonds. The Morgan fingerprint density at radius 1 is 1.26 bits per heavy atom. The molecule has 1 atom stereocenters. The number of piperidine rings is 1. The fraction of sp³-hybridized carbons (Fsp3) is 0.632. The average molecular weight is 339 g/mol. The third-order valence-electron chi connectivity index (χ3n) is 4.79. The van der Waals surface area contributed by atoms with Crippen molar-refractivity contribution in [2.45, 2.75) is 46.0 Å². The predicted octanol–water partition coefficient (Wildman–Crippen LogP) is 4.27. The zero-order valence-corrected chi connectivity index (χ0v) is 15.3. The highest BCUT2D eigenvalue weighted by molar-refractivity contribution is 5.93. The van der Waals surface area contributed by atoms with Crippen molar-refractivity contribution in [3.8, 4) is 0 Å². The number of nitrogens with zero attached hydrogens (tertiary/aromatic N) is 1. The van der Waals surface area contributed by atoms with Crippen LogP contribution < -0.4 is 10.2 Å². The number of hydrogen-bond donors (Lipinski definition) is 1. The van der Waals surface area contributed by atoms with Gasteiger partial charge in [-0.25, -0.2) is 0 Å². The highest BCUT2D eigenvalue weighted by Gasteiger charge is 2.24. The molecule has 1 unspecified atom stereocenters. The van der Waals surface area contributed by atoms with E-state index in [0.29, 0.717) is 18.3 Å². The van der Waals surface area contributed by atoms with Crippen molar-refractivity contribution in [3.05, 3.63) is 30.3 Å². The van der Waals surface area contributed by atoms with Crippen molar-refractivity contribution in [1.82, 2.24) is 5.32 Å². The smallest absolute Gasteiger partial charge is 0.227 e. The van der Waals surface area contributed by atoms with Gasteiger partial charge in [-0.15, -0.1) is 12.4 Å². The van der Waals surface area contributed by atoms with Gasteiger partial charge in [0.25, 0.3) is 0 Å². The molecule has 0 aliphatic carbocycles. The first kappa shape index (κ1) is 20.0. The van der Waals surface area contributed by atoms with E-state index in [1.165, 1.54) is 12.8 Å². The molecule has 3 nitrogen and oxygen atoms in total. The van der Waals surface area contributed by atoms with E-state index in [-0.39, 0.29) is 18.3 Å². The second-order valence-electron chi connectivity index (χ2n) is 6.50. The molecular weight excluding hydrogens is 308 g/mol. The van der Waals surface area contributed by atoms with Crippen LogP contribution >= 0.6 is 12.4 Å². The van der Waals surface area contributed by atoms with Crippen LogP contribution in [0.3, 0.4) is 0 Å². The minimum Gasteiger partial charge on any atom is -0.317 e. The van der Waals surface area contributed by atoms with Crippen LogP contribution in [0, 0.1) is 11.8 Å². The number of nitrogens with one attached hydrogen (secondary N) is 1. The fourth-order valence-corrected chi connectivity index (χ4v) is 3.29. The quantitative estimate of drug-likeness (QED) is 0.805. The third-order valence-corrected chi connectivity index (χ3v) is 4.79. The number of anilines is 1. The van der Waals surface area contributed by atoms with Crippen LogP contribution in [0.5, 0.6) is 0 Å². The molecule has 0 saturated carbocycles. The van der Waals surface area contributed by atoms with Crippen molar-refractivity contribution in [2.24, 2.45) is 11.8 Å². The minimum atomic E-state index is 0. The zero-order chi connectivity index (χ0) is 15.8. The van der Waals surface area contributed by atoms with Crippen LogP contribution in [0.25, 0.3) is 0 Å². The maximum Gasteiger partial charge on any atom is 0.227 e. The van der Waals surface area contributed by atoms with Gasteiger partial charge in [0.05, 0.1) is 0 Å². The van der Waals surface area contributed by atoms with Gasteiger partial charge in [0.1, 0.15) is 0 Å². The maximum atomic E-state index is 12.8. The van der Waals surface area contributed by atoms with Gasteiger partial charge in [0, 0.05) is 18.7 Å². The monoisotopic (exact) mass is 338 g/mol. The van der Waals surface area contributed by atoms with Gasteiger partial charge in [0.2, 0.25) is 5.91 Å². The molecule has 23 heavy (non-hydrogen) atoms.